The highest BCUT2D eigenvalue weighted by Gasteiger charge is 2.23. The summed E-state index contributed by atoms with van der Waals surface area (Å²) in [6.45, 7) is 2.49. The summed E-state index contributed by atoms with van der Waals surface area (Å²) in [7, 11) is 0. The Balaban J connectivity index is 1.78. The summed E-state index contributed by atoms with van der Waals surface area (Å²) in [4.78, 5) is 22.4. The number of benzene rings is 2. The first-order valence-corrected chi connectivity index (χ1v) is 10.4. The SMILES string of the molecule is Nc1c(-c2cc(F)c(F)c3[nH]ncc23)c2cc(N3CCOCC3)c3ncccc3c2[nH]c1=O. The summed E-state index contributed by atoms with van der Waals surface area (Å²) in [5.41, 5.74) is 8.24. The number of nitrogen functional groups attached to an aromatic ring is 1. The van der Waals surface area contributed by atoms with Gasteiger partial charge in [0.15, 0.2) is 11.6 Å². The molecule has 0 atom stereocenters. The summed E-state index contributed by atoms with van der Waals surface area (Å²) in [5, 5.41) is 8.01. The molecule has 5 aromatic rings. The number of nitrogens with zero attached hydrogens (tertiary/aromatic N) is 3. The highest BCUT2D eigenvalue weighted by Crippen LogP contribution is 2.41. The second-order valence-electron chi connectivity index (χ2n) is 7.94. The largest absolute Gasteiger partial charge is 0.394 e. The number of rotatable bonds is 2. The number of halogens is 2. The number of aromatic amines is 2. The molecule has 0 radical (unpaired) electrons. The van der Waals surface area contributed by atoms with E-state index in [4.69, 9.17) is 10.5 Å². The third-order valence-corrected chi connectivity index (χ3v) is 6.14. The van der Waals surface area contributed by atoms with Gasteiger partial charge >= 0.3 is 0 Å². The zero-order valence-corrected chi connectivity index (χ0v) is 17.3. The number of aromatic nitrogens is 4. The highest BCUT2D eigenvalue weighted by atomic mass is 19.2. The average Bonchev–Trinajstić information content (AvgIpc) is 3.33. The minimum Gasteiger partial charge on any atom is -0.394 e. The van der Waals surface area contributed by atoms with E-state index < -0.39 is 17.2 Å². The van der Waals surface area contributed by atoms with E-state index in [2.05, 4.69) is 25.1 Å². The number of hydrogen-bond acceptors (Lipinski definition) is 6. The molecule has 1 fully saturated rings. The minimum absolute atomic E-state index is 0.0892. The van der Waals surface area contributed by atoms with Gasteiger partial charge in [-0.15, -0.1) is 0 Å². The summed E-state index contributed by atoms with van der Waals surface area (Å²) < 4.78 is 34.4. The first kappa shape index (κ1) is 19.6. The molecule has 3 aromatic heterocycles. The van der Waals surface area contributed by atoms with Crippen molar-refractivity contribution in [1.29, 1.82) is 0 Å². The summed E-state index contributed by atoms with van der Waals surface area (Å²) in [6, 6.07) is 6.60. The molecule has 0 unspecified atom stereocenters. The maximum absolute atomic E-state index is 14.5. The molecule has 4 N–H and O–H groups in total. The van der Waals surface area contributed by atoms with Crippen molar-refractivity contribution < 1.29 is 13.5 Å². The molecule has 1 aliphatic rings. The smallest absolute Gasteiger partial charge is 0.272 e. The van der Waals surface area contributed by atoms with E-state index in [0.717, 1.165) is 22.7 Å². The number of H-pyrrole nitrogens is 2. The van der Waals surface area contributed by atoms with Crippen molar-refractivity contribution in [2.24, 2.45) is 0 Å². The van der Waals surface area contributed by atoms with Crippen molar-refractivity contribution in [2.75, 3.05) is 36.9 Å². The Bertz CT molecular complexity index is 1620. The Labute approximate surface area is 185 Å². The third-order valence-electron chi connectivity index (χ3n) is 6.14. The Morgan fingerprint density at radius 3 is 2.73 bits per heavy atom. The van der Waals surface area contributed by atoms with Crippen LogP contribution in [0, 0.1) is 11.6 Å². The lowest BCUT2D eigenvalue weighted by Gasteiger charge is -2.30. The molecule has 0 aliphatic carbocycles. The van der Waals surface area contributed by atoms with Crippen LogP contribution in [0.3, 0.4) is 0 Å². The van der Waals surface area contributed by atoms with Gasteiger partial charge in [-0.05, 0) is 29.8 Å². The predicted molar refractivity (Wildman–Crippen MR) is 122 cm³/mol. The molecule has 0 amide bonds. The number of nitrogens with two attached hydrogens (primary N) is 1. The van der Waals surface area contributed by atoms with Gasteiger partial charge in [-0.2, -0.15) is 5.10 Å². The van der Waals surface area contributed by atoms with Crippen molar-refractivity contribution in [3.8, 4) is 11.1 Å². The van der Waals surface area contributed by atoms with Gasteiger partial charge in [-0.25, -0.2) is 8.78 Å². The van der Waals surface area contributed by atoms with Crippen molar-refractivity contribution in [1.82, 2.24) is 20.2 Å². The number of ether oxygens (including phenoxy) is 1. The van der Waals surface area contributed by atoms with E-state index in [-0.39, 0.29) is 16.8 Å². The lowest BCUT2D eigenvalue weighted by molar-refractivity contribution is 0.123. The van der Waals surface area contributed by atoms with E-state index >= 15 is 0 Å². The van der Waals surface area contributed by atoms with Crippen LogP contribution in [0.15, 0.2) is 41.5 Å². The van der Waals surface area contributed by atoms with E-state index in [0.29, 0.717) is 48.2 Å². The maximum Gasteiger partial charge on any atom is 0.272 e. The van der Waals surface area contributed by atoms with E-state index in [9.17, 15) is 13.6 Å². The molecule has 0 saturated carbocycles. The molecular weight excluding hydrogens is 430 g/mol. The van der Waals surface area contributed by atoms with Crippen molar-refractivity contribution in [3.05, 3.63) is 58.6 Å². The normalized spacial score (nSPS) is 14.5. The van der Waals surface area contributed by atoms with Crippen LogP contribution < -0.4 is 16.2 Å². The molecule has 0 spiro atoms. The van der Waals surface area contributed by atoms with Crippen LogP contribution in [0.2, 0.25) is 0 Å². The molecule has 0 bridgehead atoms. The van der Waals surface area contributed by atoms with E-state index in [1.807, 2.05) is 12.1 Å². The van der Waals surface area contributed by atoms with E-state index in [1.165, 1.54) is 6.20 Å². The fourth-order valence-corrected chi connectivity index (χ4v) is 4.59. The molecule has 1 saturated heterocycles. The minimum atomic E-state index is -1.06. The zero-order chi connectivity index (χ0) is 22.7. The number of pyridine rings is 2. The van der Waals surface area contributed by atoms with Gasteiger partial charge < -0.3 is 20.4 Å². The first-order valence-electron chi connectivity index (χ1n) is 10.4. The summed E-state index contributed by atoms with van der Waals surface area (Å²) in [6.07, 6.45) is 3.09. The standard InChI is InChI=1S/C23H18F2N6O2/c24-15-8-12(14-10-28-30-22(14)18(15)25)17-13-9-16(31-4-6-33-7-5-31)21-11(2-1-3-27-21)20(13)29-23(32)19(17)26/h1-3,8-10H,4-7,26H2,(H,28,30)(H,29,32). The van der Waals surface area contributed by atoms with Gasteiger partial charge in [0.05, 0.1) is 36.1 Å². The molecule has 4 heterocycles. The quantitative estimate of drug-likeness (QED) is 0.357. The van der Waals surface area contributed by atoms with Gasteiger partial charge in [-0.3, -0.25) is 14.9 Å². The van der Waals surface area contributed by atoms with Crippen molar-refractivity contribution in [3.63, 3.8) is 0 Å². The number of fused-ring (bicyclic) bond motifs is 4. The lowest BCUT2D eigenvalue weighted by Crippen LogP contribution is -2.36. The summed E-state index contributed by atoms with van der Waals surface area (Å²) >= 11 is 0. The van der Waals surface area contributed by atoms with Crippen LogP contribution in [0.4, 0.5) is 20.2 Å². The number of nitrogens with one attached hydrogen (secondary N) is 2. The van der Waals surface area contributed by atoms with Gasteiger partial charge in [0.2, 0.25) is 0 Å². The van der Waals surface area contributed by atoms with Gasteiger partial charge in [0, 0.05) is 41.0 Å². The molecule has 2 aromatic carbocycles. The third kappa shape index (κ3) is 2.87. The monoisotopic (exact) mass is 448 g/mol. The Kier molecular flexibility index (Phi) is 4.31. The lowest BCUT2D eigenvalue weighted by atomic mass is 9.94. The molecule has 166 valence electrons. The average molecular weight is 448 g/mol. The number of morpholine rings is 1. The molecule has 8 nitrogen and oxygen atoms in total. The fraction of sp³-hybridized carbons (Fsp3) is 0.174. The van der Waals surface area contributed by atoms with Crippen LogP contribution >= 0.6 is 0 Å². The zero-order valence-electron chi connectivity index (χ0n) is 17.3. The maximum atomic E-state index is 14.5. The van der Waals surface area contributed by atoms with Crippen molar-refractivity contribution >= 4 is 44.1 Å². The topological polar surface area (TPSA) is 113 Å². The number of hydrogen-bond donors (Lipinski definition) is 3. The molecule has 10 heteroatoms. The van der Waals surface area contributed by atoms with Gasteiger partial charge in [-0.1, -0.05) is 0 Å². The van der Waals surface area contributed by atoms with Crippen LogP contribution in [0.25, 0.3) is 43.8 Å². The van der Waals surface area contributed by atoms with Crippen LogP contribution in [-0.4, -0.2) is 46.5 Å². The van der Waals surface area contributed by atoms with Gasteiger partial charge in [0.25, 0.3) is 5.56 Å². The van der Waals surface area contributed by atoms with Crippen molar-refractivity contribution in [2.45, 2.75) is 0 Å². The summed E-state index contributed by atoms with van der Waals surface area (Å²) in [5.74, 6) is -2.10. The Morgan fingerprint density at radius 2 is 1.91 bits per heavy atom. The highest BCUT2D eigenvalue weighted by molar-refractivity contribution is 6.17. The number of anilines is 2. The van der Waals surface area contributed by atoms with Gasteiger partial charge in [0.1, 0.15) is 11.2 Å². The van der Waals surface area contributed by atoms with Crippen LogP contribution in [0.1, 0.15) is 0 Å². The second kappa shape index (κ2) is 7.24. The predicted octanol–water partition coefficient (Wildman–Crippen LogP) is 3.32. The van der Waals surface area contributed by atoms with Crippen LogP contribution in [-0.2, 0) is 4.74 Å². The Morgan fingerprint density at radius 1 is 1.09 bits per heavy atom. The molecular formula is C23H18F2N6O2. The fourth-order valence-electron chi connectivity index (χ4n) is 4.59. The first-order chi connectivity index (χ1) is 16.0. The van der Waals surface area contributed by atoms with Crippen LogP contribution in [0.5, 0.6) is 0 Å². The molecule has 1 aliphatic heterocycles. The Hall–Kier alpha value is -4.05. The second-order valence-corrected chi connectivity index (χ2v) is 7.94. The van der Waals surface area contributed by atoms with E-state index in [1.54, 1.807) is 12.3 Å². The molecule has 6 rings (SSSR count). The molecule has 33 heavy (non-hydrogen) atoms.